The SMILES string of the molecule is Cc1cccc(N(C)c2nc(C)cc(C)n2)c1. The molecule has 2 aromatic rings. The Labute approximate surface area is 102 Å². The number of hydrogen-bond acceptors (Lipinski definition) is 3. The van der Waals surface area contributed by atoms with E-state index >= 15 is 0 Å². The van der Waals surface area contributed by atoms with Gasteiger partial charge in [-0.3, -0.25) is 0 Å². The van der Waals surface area contributed by atoms with Crippen molar-refractivity contribution in [3.63, 3.8) is 0 Å². The van der Waals surface area contributed by atoms with Crippen LogP contribution in [0.2, 0.25) is 0 Å². The molecule has 0 amide bonds. The van der Waals surface area contributed by atoms with Gasteiger partial charge in [0.25, 0.3) is 0 Å². The molecule has 0 saturated heterocycles. The molecular weight excluding hydrogens is 210 g/mol. The summed E-state index contributed by atoms with van der Waals surface area (Å²) in [6.45, 7) is 6.06. The maximum Gasteiger partial charge on any atom is 0.230 e. The number of benzene rings is 1. The molecule has 0 atom stereocenters. The summed E-state index contributed by atoms with van der Waals surface area (Å²) in [4.78, 5) is 10.9. The fourth-order valence-corrected chi connectivity index (χ4v) is 1.81. The topological polar surface area (TPSA) is 29.0 Å². The molecule has 2 rings (SSSR count). The second-order valence-corrected chi connectivity index (χ2v) is 4.35. The van der Waals surface area contributed by atoms with E-state index in [-0.39, 0.29) is 0 Å². The molecule has 88 valence electrons. The molecule has 0 radical (unpaired) electrons. The highest BCUT2D eigenvalue weighted by atomic mass is 15.2. The zero-order valence-corrected chi connectivity index (χ0v) is 10.7. The third-order valence-electron chi connectivity index (χ3n) is 2.66. The fraction of sp³-hybridized carbons (Fsp3) is 0.286. The first-order valence-electron chi connectivity index (χ1n) is 5.69. The van der Waals surface area contributed by atoms with Crippen molar-refractivity contribution in [2.45, 2.75) is 20.8 Å². The molecule has 0 spiro atoms. The molecule has 3 heteroatoms. The number of nitrogens with zero attached hydrogens (tertiary/aromatic N) is 3. The minimum absolute atomic E-state index is 0.744. The average molecular weight is 227 g/mol. The average Bonchev–Trinajstić information content (AvgIpc) is 2.26. The van der Waals surface area contributed by atoms with Gasteiger partial charge in [0.05, 0.1) is 0 Å². The lowest BCUT2D eigenvalue weighted by Crippen LogP contribution is -2.14. The van der Waals surface area contributed by atoms with Gasteiger partial charge in [-0.25, -0.2) is 9.97 Å². The first-order chi connectivity index (χ1) is 8.06. The first-order valence-corrected chi connectivity index (χ1v) is 5.69. The Bertz CT molecular complexity index is 514. The quantitative estimate of drug-likeness (QED) is 0.789. The molecular formula is C14H17N3. The summed E-state index contributed by atoms with van der Waals surface area (Å²) in [6, 6.07) is 10.3. The standard InChI is InChI=1S/C14H17N3/c1-10-6-5-7-13(8-10)17(4)14-15-11(2)9-12(3)16-14/h5-9H,1-4H3. The molecule has 0 aliphatic carbocycles. The lowest BCUT2D eigenvalue weighted by atomic mass is 10.2. The molecule has 0 unspecified atom stereocenters. The number of aromatic nitrogens is 2. The van der Waals surface area contributed by atoms with E-state index in [1.807, 2.05) is 37.9 Å². The molecule has 1 aromatic heterocycles. The van der Waals surface area contributed by atoms with Crippen LogP contribution in [0.4, 0.5) is 11.6 Å². The smallest absolute Gasteiger partial charge is 0.230 e. The fourth-order valence-electron chi connectivity index (χ4n) is 1.81. The Balaban J connectivity index is 2.39. The van der Waals surface area contributed by atoms with E-state index in [4.69, 9.17) is 0 Å². The normalized spacial score (nSPS) is 10.4. The Morgan fingerprint density at radius 3 is 2.18 bits per heavy atom. The van der Waals surface area contributed by atoms with Gasteiger partial charge >= 0.3 is 0 Å². The van der Waals surface area contributed by atoms with E-state index in [0.29, 0.717) is 0 Å². The zero-order valence-electron chi connectivity index (χ0n) is 10.7. The predicted octanol–water partition coefficient (Wildman–Crippen LogP) is 3.17. The first kappa shape index (κ1) is 11.6. The maximum atomic E-state index is 4.45. The van der Waals surface area contributed by atoms with Gasteiger partial charge in [0, 0.05) is 24.1 Å². The predicted molar refractivity (Wildman–Crippen MR) is 70.7 cm³/mol. The minimum Gasteiger partial charge on any atom is -0.314 e. The molecule has 0 aliphatic heterocycles. The van der Waals surface area contributed by atoms with Gasteiger partial charge in [-0.05, 0) is 44.5 Å². The molecule has 17 heavy (non-hydrogen) atoms. The van der Waals surface area contributed by atoms with Crippen molar-refractivity contribution in [3.05, 3.63) is 47.3 Å². The van der Waals surface area contributed by atoms with Crippen LogP contribution in [0.5, 0.6) is 0 Å². The van der Waals surface area contributed by atoms with Gasteiger partial charge in [0.1, 0.15) is 0 Å². The molecule has 0 saturated carbocycles. The minimum atomic E-state index is 0.744. The summed E-state index contributed by atoms with van der Waals surface area (Å²) in [5.74, 6) is 0.744. The Kier molecular flexibility index (Phi) is 3.09. The third-order valence-corrected chi connectivity index (χ3v) is 2.66. The van der Waals surface area contributed by atoms with Gasteiger partial charge < -0.3 is 4.90 Å². The van der Waals surface area contributed by atoms with Crippen LogP contribution in [0, 0.1) is 20.8 Å². The Hall–Kier alpha value is -1.90. The van der Waals surface area contributed by atoms with Gasteiger partial charge in [0.15, 0.2) is 0 Å². The van der Waals surface area contributed by atoms with E-state index in [0.717, 1.165) is 23.0 Å². The molecule has 3 nitrogen and oxygen atoms in total. The van der Waals surface area contributed by atoms with Gasteiger partial charge in [-0.1, -0.05) is 12.1 Å². The maximum absolute atomic E-state index is 4.45. The summed E-state index contributed by atoms with van der Waals surface area (Å²) >= 11 is 0. The molecule has 0 bridgehead atoms. The van der Waals surface area contributed by atoms with Gasteiger partial charge in [-0.2, -0.15) is 0 Å². The number of anilines is 2. The van der Waals surface area contributed by atoms with Gasteiger partial charge in [0.2, 0.25) is 5.95 Å². The molecule has 0 aliphatic rings. The molecule has 1 aromatic carbocycles. The van der Waals surface area contributed by atoms with Crippen molar-refractivity contribution >= 4 is 11.6 Å². The van der Waals surface area contributed by atoms with Crippen LogP contribution in [-0.2, 0) is 0 Å². The molecule has 1 heterocycles. The van der Waals surface area contributed by atoms with Crippen molar-refractivity contribution in [2.24, 2.45) is 0 Å². The van der Waals surface area contributed by atoms with Crippen molar-refractivity contribution in [1.82, 2.24) is 9.97 Å². The van der Waals surface area contributed by atoms with Crippen LogP contribution in [0.25, 0.3) is 0 Å². The van der Waals surface area contributed by atoms with Crippen LogP contribution >= 0.6 is 0 Å². The molecule has 0 N–H and O–H groups in total. The number of aryl methyl sites for hydroxylation is 3. The lowest BCUT2D eigenvalue weighted by molar-refractivity contribution is 0.986. The van der Waals surface area contributed by atoms with Crippen molar-refractivity contribution in [2.75, 3.05) is 11.9 Å². The highest BCUT2D eigenvalue weighted by molar-refractivity contribution is 5.57. The summed E-state index contributed by atoms with van der Waals surface area (Å²) in [5, 5.41) is 0. The Morgan fingerprint density at radius 2 is 1.59 bits per heavy atom. The van der Waals surface area contributed by atoms with E-state index in [1.165, 1.54) is 5.56 Å². The van der Waals surface area contributed by atoms with E-state index in [1.54, 1.807) is 0 Å². The summed E-state index contributed by atoms with van der Waals surface area (Å²) in [6.07, 6.45) is 0. The van der Waals surface area contributed by atoms with Crippen molar-refractivity contribution in [1.29, 1.82) is 0 Å². The Morgan fingerprint density at radius 1 is 0.941 bits per heavy atom. The lowest BCUT2D eigenvalue weighted by Gasteiger charge is -2.18. The highest BCUT2D eigenvalue weighted by Gasteiger charge is 2.07. The molecule has 0 fully saturated rings. The van der Waals surface area contributed by atoms with Crippen molar-refractivity contribution < 1.29 is 0 Å². The van der Waals surface area contributed by atoms with Gasteiger partial charge in [-0.15, -0.1) is 0 Å². The number of rotatable bonds is 2. The van der Waals surface area contributed by atoms with E-state index in [2.05, 4.69) is 35.1 Å². The monoisotopic (exact) mass is 227 g/mol. The van der Waals surface area contributed by atoms with Crippen LogP contribution < -0.4 is 4.90 Å². The second-order valence-electron chi connectivity index (χ2n) is 4.35. The van der Waals surface area contributed by atoms with Crippen LogP contribution in [0.15, 0.2) is 30.3 Å². The van der Waals surface area contributed by atoms with Crippen LogP contribution in [0.3, 0.4) is 0 Å². The summed E-state index contributed by atoms with van der Waals surface area (Å²) in [7, 11) is 1.99. The van der Waals surface area contributed by atoms with E-state index in [9.17, 15) is 0 Å². The zero-order chi connectivity index (χ0) is 12.4. The third kappa shape index (κ3) is 2.61. The number of hydrogen-bond donors (Lipinski definition) is 0. The van der Waals surface area contributed by atoms with Crippen LogP contribution in [0.1, 0.15) is 17.0 Å². The summed E-state index contributed by atoms with van der Waals surface area (Å²) in [5.41, 5.74) is 4.33. The summed E-state index contributed by atoms with van der Waals surface area (Å²) < 4.78 is 0. The second kappa shape index (κ2) is 4.53. The van der Waals surface area contributed by atoms with Crippen molar-refractivity contribution in [3.8, 4) is 0 Å². The highest BCUT2D eigenvalue weighted by Crippen LogP contribution is 2.21. The van der Waals surface area contributed by atoms with Crippen LogP contribution in [-0.4, -0.2) is 17.0 Å². The van der Waals surface area contributed by atoms with E-state index < -0.39 is 0 Å². The largest absolute Gasteiger partial charge is 0.314 e.